The topological polar surface area (TPSA) is 198 Å². The van der Waals surface area contributed by atoms with Crippen molar-refractivity contribution >= 4 is 40.5 Å². The summed E-state index contributed by atoms with van der Waals surface area (Å²) in [5.74, 6) is 2.25. The Bertz CT molecular complexity index is 2840. The van der Waals surface area contributed by atoms with Gasteiger partial charge in [-0.05, 0) is 101 Å². The predicted molar refractivity (Wildman–Crippen MR) is 266 cm³/mol. The lowest BCUT2D eigenvalue weighted by molar-refractivity contribution is -0.155. The van der Waals surface area contributed by atoms with E-state index in [-0.39, 0.29) is 67.3 Å². The van der Waals surface area contributed by atoms with E-state index < -0.39 is 77.5 Å². The molecule has 1 aromatic carbocycles. The van der Waals surface area contributed by atoms with Crippen LogP contribution in [0.5, 0.6) is 0 Å². The van der Waals surface area contributed by atoms with Gasteiger partial charge in [0.25, 0.3) is 11.8 Å². The number of pyridine rings is 1. The van der Waals surface area contributed by atoms with Gasteiger partial charge in [0.05, 0.1) is 42.0 Å². The zero-order valence-corrected chi connectivity index (χ0v) is 43.6. The number of nitrogens with one attached hydrogen (secondary N) is 2. The maximum Gasteiger partial charge on any atom is 0.406 e. The second kappa shape index (κ2) is 21.5. The number of carbonyl (C=O) groups excluding carboxylic acids is 5. The van der Waals surface area contributed by atoms with Gasteiger partial charge >= 0.3 is 12.1 Å². The summed E-state index contributed by atoms with van der Waals surface area (Å²) in [6, 6.07) is 4.84. The van der Waals surface area contributed by atoms with Crippen molar-refractivity contribution in [1.29, 1.82) is 0 Å². The van der Waals surface area contributed by atoms with Crippen molar-refractivity contribution in [1.82, 2.24) is 50.2 Å². The molecule has 398 valence electrons. The third-order valence-corrected chi connectivity index (χ3v) is 14.7. The maximum atomic E-state index is 14.7. The predicted octanol–water partition coefficient (Wildman–Crippen LogP) is 5.49. The van der Waals surface area contributed by atoms with Gasteiger partial charge in [0, 0.05) is 80.5 Å². The van der Waals surface area contributed by atoms with Gasteiger partial charge in [0.1, 0.15) is 24.7 Å². The number of amides is 4. The summed E-state index contributed by atoms with van der Waals surface area (Å²) in [5.41, 5.74) is 4.03. The van der Waals surface area contributed by atoms with Gasteiger partial charge in [-0.15, -0.1) is 10.2 Å². The number of fused-ring (bicyclic) bond motifs is 6. The Morgan fingerprint density at radius 2 is 1.80 bits per heavy atom. The molecule has 74 heavy (non-hydrogen) atoms. The first kappa shape index (κ1) is 53.9. The van der Waals surface area contributed by atoms with E-state index in [9.17, 15) is 37.1 Å². The molecular formula is C53H67F3N10O8. The molecule has 0 aliphatic carbocycles. The fourth-order valence-corrected chi connectivity index (χ4v) is 10.5. The van der Waals surface area contributed by atoms with Crippen LogP contribution in [0.1, 0.15) is 97.4 Å². The molecule has 4 aliphatic heterocycles. The molecule has 0 radical (unpaired) electrons. The molecule has 21 heteroatoms. The lowest BCUT2D eigenvalue weighted by atomic mass is 9.84. The van der Waals surface area contributed by atoms with Gasteiger partial charge in [-0.2, -0.15) is 13.2 Å². The lowest BCUT2D eigenvalue weighted by Gasteiger charge is -2.41. The number of nitrogens with zero attached hydrogens (tertiary/aromatic N) is 8. The molecule has 2 N–H and O–H groups in total. The SMILES string of the molecule is CO[C@@H](C)c1ncccc1-c1c2c3cc(ccc3n1CC(F)(F)F)-c1nnc(o1)C[C@H](NC(=O)C(C(C)C)N(C)C(=O)[C@H]1CCN(C(=O)C#CC(C)(C)N3CCC3)C1)C(=O)N1CCC[C@H](N1)C(=O)OCC(C)(C)C2. The monoisotopic (exact) mass is 1030 g/mol. The van der Waals surface area contributed by atoms with Crippen molar-refractivity contribution in [2.45, 2.75) is 129 Å². The van der Waals surface area contributed by atoms with E-state index in [1.807, 2.05) is 27.7 Å². The molecule has 0 saturated carbocycles. The Hall–Kier alpha value is -6.37. The summed E-state index contributed by atoms with van der Waals surface area (Å²) in [6.07, 6.45) is -1.62. The van der Waals surface area contributed by atoms with Gasteiger partial charge in [0.2, 0.25) is 23.6 Å². The fraction of sp³-hybridized carbons (Fsp3) is 0.585. The molecule has 6 bridgehead atoms. The quantitative estimate of drug-likeness (QED) is 0.150. The summed E-state index contributed by atoms with van der Waals surface area (Å²) in [4.78, 5) is 80.2. The molecule has 3 fully saturated rings. The first-order valence-corrected chi connectivity index (χ1v) is 25.4. The molecule has 4 aromatic rings. The molecule has 18 nitrogen and oxygen atoms in total. The highest BCUT2D eigenvalue weighted by molar-refractivity contribution is 5.96. The van der Waals surface area contributed by atoms with E-state index in [1.54, 1.807) is 62.2 Å². The van der Waals surface area contributed by atoms with Crippen LogP contribution in [-0.2, 0) is 52.8 Å². The third kappa shape index (κ3) is 11.6. The number of alkyl halides is 3. The number of methoxy groups -OCH3 is 1. The molecular weight excluding hydrogens is 962 g/mol. The molecule has 1 unspecified atom stereocenters. The standard InChI is InChI=1S/C53H67F3N10O8/c1-31(2)44(62(8)48(69)34-18-24-63(28-34)42(67)17-19-52(6,7)64-21-12-22-64)46(68)58-39-26-41-59-60-47(74-41)33-15-16-40-36(25-33)37(27-51(4,5)30-73-50(71)38-14-11-23-66(61-38)49(39)70)45(65(40)29-53(54,55)56)35-13-10-20-57-43(35)32(3)72-9/h10,13,15-16,20,25,31-32,34,38-39,44,61H,11-12,14,18,21-24,26-30H2,1-9H3,(H,58,68)/t32-,34-,38-,39-,44?/m0/s1. The molecule has 7 heterocycles. The summed E-state index contributed by atoms with van der Waals surface area (Å²) in [7, 11) is 3.03. The van der Waals surface area contributed by atoms with Gasteiger partial charge < -0.3 is 33.6 Å². The van der Waals surface area contributed by atoms with E-state index in [2.05, 4.69) is 42.7 Å². The highest BCUT2D eigenvalue weighted by atomic mass is 19.4. The van der Waals surface area contributed by atoms with Crippen molar-refractivity contribution in [3.05, 3.63) is 53.7 Å². The molecule has 8 rings (SSSR count). The third-order valence-electron chi connectivity index (χ3n) is 14.7. The van der Waals surface area contributed by atoms with Crippen molar-refractivity contribution in [3.63, 3.8) is 0 Å². The number of aromatic nitrogens is 4. The molecule has 3 saturated heterocycles. The number of esters is 1. The number of likely N-dealkylation sites (tertiary alicyclic amines) is 2. The average molecular weight is 1030 g/mol. The zero-order valence-electron chi connectivity index (χ0n) is 43.6. The number of likely N-dealkylation sites (N-methyl/N-ethyl adjacent to an activating group) is 1. The van der Waals surface area contributed by atoms with Crippen LogP contribution in [0.4, 0.5) is 13.2 Å². The largest absolute Gasteiger partial charge is 0.464 e. The van der Waals surface area contributed by atoms with Crippen LogP contribution in [0.25, 0.3) is 33.6 Å². The number of hydrogen-bond acceptors (Lipinski definition) is 13. The number of cyclic esters (lactones) is 1. The van der Waals surface area contributed by atoms with Crippen LogP contribution in [0, 0.1) is 29.1 Å². The lowest BCUT2D eigenvalue weighted by Crippen LogP contribution is -2.62. The van der Waals surface area contributed by atoms with Gasteiger partial charge in [-0.3, -0.25) is 38.9 Å². The first-order valence-electron chi connectivity index (χ1n) is 25.4. The van der Waals surface area contributed by atoms with E-state index in [0.29, 0.717) is 53.6 Å². The number of hydrazine groups is 1. The van der Waals surface area contributed by atoms with Crippen molar-refractivity contribution in [2.24, 2.45) is 17.3 Å². The van der Waals surface area contributed by atoms with Crippen molar-refractivity contribution in [2.75, 3.05) is 53.5 Å². The second-order valence-corrected chi connectivity index (χ2v) is 21.6. The van der Waals surface area contributed by atoms with Crippen molar-refractivity contribution in [3.8, 4) is 34.6 Å². The Labute approximate surface area is 429 Å². The van der Waals surface area contributed by atoms with Crippen LogP contribution in [0.15, 0.2) is 40.9 Å². The van der Waals surface area contributed by atoms with Gasteiger partial charge in [0.15, 0.2) is 0 Å². The van der Waals surface area contributed by atoms with E-state index in [4.69, 9.17) is 13.9 Å². The normalized spacial score (nSPS) is 21.6. The van der Waals surface area contributed by atoms with Crippen LogP contribution in [-0.4, -0.2) is 152 Å². The second-order valence-electron chi connectivity index (χ2n) is 21.6. The summed E-state index contributed by atoms with van der Waals surface area (Å²) in [5, 5.41) is 13.2. The number of rotatable bonds is 10. The van der Waals surface area contributed by atoms with E-state index >= 15 is 0 Å². The van der Waals surface area contributed by atoms with E-state index in [0.717, 1.165) is 19.5 Å². The summed E-state index contributed by atoms with van der Waals surface area (Å²) in [6.45, 7) is 14.0. The Kier molecular flexibility index (Phi) is 15.6. The minimum Gasteiger partial charge on any atom is -0.464 e. The number of benzene rings is 1. The van der Waals surface area contributed by atoms with Crippen LogP contribution in [0.2, 0.25) is 0 Å². The van der Waals surface area contributed by atoms with Crippen LogP contribution >= 0.6 is 0 Å². The summed E-state index contributed by atoms with van der Waals surface area (Å²) < 4.78 is 63.1. The molecule has 5 atom stereocenters. The number of halogens is 3. The Morgan fingerprint density at radius 3 is 2.49 bits per heavy atom. The van der Waals surface area contributed by atoms with Crippen LogP contribution in [0.3, 0.4) is 0 Å². The zero-order chi connectivity index (χ0) is 53.4. The van der Waals surface area contributed by atoms with E-state index in [1.165, 1.54) is 28.6 Å². The minimum absolute atomic E-state index is 0.0105. The number of ether oxygens (including phenoxy) is 2. The van der Waals surface area contributed by atoms with Gasteiger partial charge in [-0.1, -0.05) is 33.6 Å². The van der Waals surface area contributed by atoms with Crippen LogP contribution < -0.4 is 10.7 Å². The molecule has 3 aromatic heterocycles. The highest BCUT2D eigenvalue weighted by Gasteiger charge is 2.42. The Balaban J connectivity index is 1.12. The number of hydrogen-bond donors (Lipinski definition) is 2. The molecule has 4 aliphatic rings. The minimum atomic E-state index is -4.63. The van der Waals surface area contributed by atoms with Crippen molar-refractivity contribution < 1.29 is 51.0 Å². The van der Waals surface area contributed by atoms with Gasteiger partial charge in [-0.25, -0.2) is 5.43 Å². The Morgan fingerprint density at radius 1 is 1.04 bits per heavy atom. The fourth-order valence-electron chi connectivity index (χ4n) is 10.5. The summed E-state index contributed by atoms with van der Waals surface area (Å²) >= 11 is 0. The molecule has 4 amide bonds. The first-order chi connectivity index (χ1) is 34.9. The molecule has 0 spiro atoms. The number of carbonyl (C=O) groups is 5. The highest BCUT2D eigenvalue weighted by Crippen LogP contribution is 2.43. The average Bonchev–Trinajstić information content (AvgIpc) is 4.09. The smallest absolute Gasteiger partial charge is 0.406 e. The maximum absolute atomic E-state index is 14.7.